The second-order valence-electron chi connectivity index (χ2n) is 14.1. The number of hydrogen-bond acceptors (Lipinski definition) is 6. The lowest BCUT2D eigenvalue weighted by atomic mass is 9.87. The highest BCUT2D eigenvalue weighted by atomic mass is 16.5. The molecule has 2 rings (SSSR count). The Kier molecular flexibility index (Phi) is 18.9. The number of amides is 2. The van der Waals surface area contributed by atoms with Crippen molar-refractivity contribution < 1.29 is 38.9 Å². The molecular formula is C40H58N2O8. The number of carbonyl (C=O) groups is 5. The zero-order valence-electron chi connectivity index (χ0n) is 30.5. The van der Waals surface area contributed by atoms with Gasteiger partial charge in [-0.15, -0.1) is 0 Å². The summed E-state index contributed by atoms with van der Waals surface area (Å²) in [5.74, 6) is -4.43. The third-order valence-corrected chi connectivity index (χ3v) is 8.58. The number of rotatable bonds is 25. The lowest BCUT2D eigenvalue weighted by Crippen LogP contribution is -2.45. The van der Waals surface area contributed by atoms with Gasteiger partial charge >= 0.3 is 11.9 Å². The monoisotopic (exact) mass is 694 g/mol. The number of carboxylic acid groups (broad SMARTS) is 2. The van der Waals surface area contributed by atoms with Crippen molar-refractivity contribution in [3.63, 3.8) is 0 Å². The molecule has 4 N–H and O–H groups in total. The SMILES string of the molecule is CCCCCCCCCCCCCCCCCCNC(=O)c1cccc(OC(C(=O)Nc2cc(C(=O)O)cc(C(=O)O)c2)C(=O)C(C)(C)C)c1. The van der Waals surface area contributed by atoms with Crippen LogP contribution in [0.3, 0.4) is 0 Å². The zero-order valence-corrected chi connectivity index (χ0v) is 30.5. The molecule has 0 radical (unpaired) electrons. The summed E-state index contributed by atoms with van der Waals surface area (Å²) in [5.41, 5.74) is -1.51. The van der Waals surface area contributed by atoms with Gasteiger partial charge in [0.1, 0.15) is 5.75 Å². The first-order valence-electron chi connectivity index (χ1n) is 18.3. The van der Waals surface area contributed by atoms with Crippen LogP contribution in [0.1, 0.15) is 162 Å². The van der Waals surface area contributed by atoms with E-state index < -0.39 is 35.1 Å². The van der Waals surface area contributed by atoms with Crippen LogP contribution >= 0.6 is 0 Å². The van der Waals surface area contributed by atoms with Crippen molar-refractivity contribution in [2.24, 2.45) is 5.41 Å². The number of anilines is 1. The Bertz CT molecular complexity index is 1370. The Morgan fingerprint density at radius 2 is 1.14 bits per heavy atom. The third-order valence-electron chi connectivity index (χ3n) is 8.58. The molecule has 0 saturated carbocycles. The molecule has 0 saturated heterocycles. The van der Waals surface area contributed by atoms with Crippen molar-refractivity contribution in [1.29, 1.82) is 0 Å². The molecule has 10 heteroatoms. The van der Waals surface area contributed by atoms with E-state index in [9.17, 15) is 34.2 Å². The number of carboxylic acids is 2. The van der Waals surface area contributed by atoms with Gasteiger partial charge in [-0.05, 0) is 42.8 Å². The highest BCUT2D eigenvalue weighted by Crippen LogP contribution is 2.24. The summed E-state index contributed by atoms with van der Waals surface area (Å²) in [6.07, 6.45) is 18.7. The Morgan fingerprint density at radius 3 is 1.60 bits per heavy atom. The molecule has 0 heterocycles. The van der Waals surface area contributed by atoms with Gasteiger partial charge in [0.2, 0.25) is 6.10 Å². The number of nitrogens with one attached hydrogen (secondary N) is 2. The summed E-state index contributed by atoms with van der Waals surface area (Å²) in [4.78, 5) is 62.5. The summed E-state index contributed by atoms with van der Waals surface area (Å²) >= 11 is 0. The van der Waals surface area contributed by atoms with Crippen LogP contribution in [0.2, 0.25) is 0 Å². The average molecular weight is 695 g/mol. The fourth-order valence-corrected chi connectivity index (χ4v) is 5.60. The van der Waals surface area contributed by atoms with E-state index in [-0.39, 0.29) is 28.5 Å². The van der Waals surface area contributed by atoms with Crippen LogP contribution in [0.15, 0.2) is 42.5 Å². The first kappa shape index (κ1) is 42.0. The van der Waals surface area contributed by atoms with E-state index in [1.165, 1.54) is 95.6 Å². The van der Waals surface area contributed by atoms with Crippen molar-refractivity contribution in [2.75, 3.05) is 11.9 Å². The maximum absolute atomic E-state index is 13.3. The predicted molar refractivity (Wildman–Crippen MR) is 196 cm³/mol. The quantitative estimate of drug-likeness (QED) is 0.0592. The van der Waals surface area contributed by atoms with Crippen LogP contribution in [0.5, 0.6) is 5.75 Å². The van der Waals surface area contributed by atoms with E-state index in [4.69, 9.17) is 4.74 Å². The maximum atomic E-state index is 13.3. The smallest absolute Gasteiger partial charge is 0.335 e. The summed E-state index contributed by atoms with van der Waals surface area (Å²) in [5, 5.41) is 24.1. The van der Waals surface area contributed by atoms with Crippen LogP contribution in [-0.4, -0.2) is 52.4 Å². The van der Waals surface area contributed by atoms with Gasteiger partial charge in [-0.1, -0.05) is 130 Å². The Hall–Kier alpha value is -4.21. The molecule has 0 aliphatic rings. The maximum Gasteiger partial charge on any atom is 0.335 e. The normalized spacial score (nSPS) is 11.8. The fraction of sp³-hybridized carbons (Fsp3) is 0.575. The van der Waals surface area contributed by atoms with E-state index in [1.54, 1.807) is 32.9 Å². The van der Waals surface area contributed by atoms with E-state index in [2.05, 4.69) is 17.6 Å². The standard InChI is InChI=1S/C40H58N2O8/c1-5-6-7-8-9-10-11-12-13-14-15-16-17-18-19-20-24-41-36(44)29-22-21-23-33(28-29)50-34(35(43)40(2,3)4)37(45)42-32-26-30(38(46)47)25-31(27-32)39(48)49/h21-23,25-28,34H,5-20,24H2,1-4H3,(H,41,44)(H,42,45)(H,46,47)(H,48,49). The van der Waals surface area contributed by atoms with Gasteiger partial charge in [0.15, 0.2) is 5.78 Å². The molecule has 2 amide bonds. The number of aromatic carboxylic acids is 2. The van der Waals surface area contributed by atoms with Crippen molar-refractivity contribution >= 4 is 35.2 Å². The van der Waals surface area contributed by atoms with Gasteiger partial charge in [0, 0.05) is 23.2 Å². The van der Waals surface area contributed by atoms with E-state index in [1.807, 2.05) is 0 Å². The van der Waals surface area contributed by atoms with Gasteiger partial charge < -0.3 is 25.6 Å². The number of carbonyl (C=O) groups excluding carboxylic acids is 3. The van der Waals surface area contributed by atoms with Crippen molar-refractivity contribution in [3.05, 3.63) is 59.2 Å². The minimum absolute atomic E-state index is 0.114. The third kappa shape index (κ3) is 16.0. The highest BCUT2D eigenvalue weighted by Gasteiger charge is 2.37. The lowest BCUT2D eigenvalue weighted by Gasteiger charge is -2.25. The second kappa shape index (κ2) is 22.5. The summed E-state index contributed by atoms with van der Waals surface area (Å²) in [6, 6.07) is 9.33. The van der Waals surface area contributed by atoms with Gasteiger partial charge in [-0.3, -0.25) is 14.4 Å². The molecule has 0 aliphatic heterocycles. The van der Waals surface area contributed by atoms with Gasteiger partial charge in [0.25, 0.3) is 11.8 Å². The minimum atomic E-state index is -1.67. The Labute approximate surface area is 297 Å². The Morgan fingerprint density at radius 1 is 0.660 bits per heavy atom. The summed E-state index contributed by atoms with van der Waals surface area (Å²) in [7, 11) is 0. The van der Waals surface area contributed by atoms with Crippen LogP contribution in [-0.2, 0) is 9.59 Å². The lowest BCUT2D eigenvalue weighted by molar-refractivity contribution is -0.140. The molecule has 0 spiro atoms. The molecule has 2 aromatic rings. The van der Waals surface area contributed by atoms with Crippen molar-refractivity contribution in [3.8, 4) is 5.75 Å². The molecule has 50 heavy (non-hydrogen) atoms. The molecule has 2 aromatic carbocycles. The van der Waals surface area contributed by atoms with Crippen LogP contribution in [0, 0.1) is 5.41 Å². The zero-order chi connectivity index (χ0) is 36.9. The van der Waals surface area contributed by atoms with E-state index >= 15 is 0 Å². The first-order chi connectivity index (χ1) is 23.8. The number of Topliss-reactive ketones (excluding diaryl/α,β-unsaturated/α-hetero) is 1. The number of ketones is 1. The highest BCUT2D eigenvalue weighted by molar-refractivity contribution is 6.12. The van der Waals surface area contributed by atoms with Gasteiger partial charge in [-0.2, -0.15) is 0 Å². The molecule has 276 valence electrons. The van der Waals surface area contributed by atoms with E-state index in [0.29, 0.717) is 12.1 Å². The number of hydrogen-bond donors (Lipinski definition) is 4. The number of benzene rings is 2. The Balaban J connectivity index is 1.82. The van der Waals surface area contributed by atoms with Gasteiger partial charge in [0.05, 0.1) is 11.1 Å². The molecular weight excluding hydrogens is 636 g/mol. The largest absolute Gasteiger partial charge is 0.478 e. The molecule has 0 aliphatic carbocycles. The second-order valence-corrected chi connectivity index (χ2v) is 14.1. The number of unbranched alkanes of at least 4 members (excludes halogenated alkanes) is 15. The predicted octanol–water partition coefficient (Wildman–Crippen LogP) is 9.08. The molecule has 0 aromatic heterocycles. The number of ether oxygens (including phenoxy) is 1. The first-order valence-corrected chi connectivity index (χ1v) is 18.3. The van der Waals surface area contributed by atoms with Gasteiger partial charge in [-0.25, -0.2) is 9.59 Å². The topological polar surface area (TPSA) is 159 Å². The van der Waals surface area contributed by atoms with Crippen molar-refractivity contribution in [1.82, 2.24) is 5.32 Å². The molecule has 1 atom stereocenters. The van der Waals surface area contributed by atoms with Crippen LogP contribution in [0.4, 0.5) is 5.69 Å². The average Bonchev–Trinajstić information content (AvgIpc) is 3.07. The van der Waals surface area contributed by atoms with E-state index in [0.717, 1.165) is 37.5 Å². The molecule has 0 bridgehead atoms. The fourth-order valence-electron chi connectivity index (χ4n) is 5.60. The van der Waals surface area contributed by atoms with Crippen LogP contribution < -0.4 is 15.4 Å². The summed E-state index contributed by atoms with van der Waals surface area (Å²) in [6.45, 7) is 7.65. The molecule has 10 nitrogen and oxygen atoms in total. The molecule has 1 unspecified atom stereocenters. The summed E-state index contributed by atoms with van der Waals surface area (Å²) < 4.78 is 5.85. The van der Waals surface area contributed by atoms with Crippen LogP contribution in [0.25, 0.3) is 0 Å². The minimum Gasteiger partial charge on any atom is -0.478 e. The van der Waals surface area contributed by atoms with Crippen molar-refractivity contribution in [2.45, 2.75) is 137 Å². The molecule has 0 fully saturated rings.